The molecule has 0 atom stereocenters. The highest BCUT2D eigenvalue weighted by molar-refractivity contribution is 6.00. The van der Waals surface area contributed by atoms with Crippen LogP contribution in [0.15, 0.2) is 36.9 Å². The number of anilines is 1. The number of imidazole rings is 1. The molecule has 1 saturated heterocycles. The van der Waals surface area contributed by atoms with Crippen molar-refractivity contribution < 1.29 is 18.3 Å². The summed E-state index contributed by atoms with van der Waals surface area (Å²) >= 11 is 0. The van der Waals surface area contributed by atoms with E-state index in [9.17, 15) is 13.2 Å². The lowest BCUT2D eigenvalue weighted by molar-refractivity contribution is -0.137. The van der Waals surface area contributed by atoms with Crippen molar-refractivity contribution in [2.75, 3.05) is 32.0 Å². The maximum atomic E-state index is 13.3. The molecule has 1 fully saturated rings. The second-order valence-electron chi connectivity index (χ2n) is 8.51. The number of likely N-dealkylation sites (tertiary alicyclic amines) is 1. The van der Waals surface area contributed by atoms with E-state index in [0.29, 0.717) is 22.2 Å². The Hall–Kier alpha value is -3.31. The van der Waals surface area contributed by atoms with Crippen molar-refractivity contribution >= 4 is 27.9 Å². The van der Waals surface area contributed by atoms with Crippen molar-refractivity contribution in [1.29, 1.82) is 0 Å². The zero-order valence-corrected chi connectivity index (χ0v) is 18.3. The fraction of sp³-hybridized carbons (Fsp3) is 0.391. The molecule has 178 valence electrons. The van der Waals surface area contributed by atoms with Crippen molar-refractivity contribution in [1.82, 2.24) is 29.4 Å². The Morgan fingerprint density at radius 3 is 2.59 bits per heavy atom. The molecule has 4 aromatic heterocycles. The third-order valence-corrected chi connectivity index (χ3v) is 6.35. The Morgan fingerprint density at radius 2 is 1.85 bits per heavy atom. The Labute approximate surface area is 193 Å². The summed E-state index contributed by atoms with van der Waals surface area (Å²) in [5, 5.41) is 9.07. The van der Waals surface area contributed by atoms with E-state index in [2.05, 4.69) is 24.4 Å². The fourth-order valence-corrected chi connectivity index (χ4v) is 4.57. The van der Waals surface area contributed by atoms with Crippen molar-refractivity contribution in [2.24, 2.45) is 0 Å². The molecule has 34 heavy (non-hydrogen) atoms. The largest absolute Gasteiger partial charge is 0.419 e. The molecule has 8 nitrogen and oxygen atoms in total. The third-order valence-electron chi connectivity index (χ3n) is 6.35. The van der Waals surface area contributed by atoms with Crippen LogP contribution >= 0.6 is 0 Å². The highest BCUT2D eigenvalue weighted by Crippen LogP contribution is 2.36. The quantitative estimate of drug-likeness (QED) is 0.458. The highest BCUT2D eigenvalue weighted by atomic mass is 19.4. The molecule has 0 amide bonds. The number of aliphatic hydroxyl groups excluding tert-OH is 1. The monoisotopic (exact) mass is 471 g/mol. The second kappa shape index (κ2) is 8.80. The SMILES string of the molecule is Nc1ncc(-c2ccc3ncc4ncn(C5CCN(CCCO)CC5)c4c3n2)cc1C(F)(F)F. The number of fused-ring (bicyclic) bond motifs is 3. The summed E-state index contributed by atoms with van der Waals surface area (Å²) in [6, 6.07) is 4.58. The maximum absolute atomic E-state index is 13.3. The molecule has 0 saturated carbocycles. The number of nitrogen functional groups attached to an aromatic ring is 1. The van der Waals surface area contributed by atoms with Crippen molar-refractivity contribution in [3.8, 4) is 11.3 Å². The van der Waals surface area contributed by atoms with Crippen LogP contribution < -0.4 is 5.73 Å². The molecule has 0 spiro atoms. The Balaban J connectivity index is 1.54. The minimum atomic E-state index is -4.61. The van der Waals surface area contributed by atoms with Gasteiger partial charge in [0.25, 0.3) is 0 Å². The second-order valence-corrected chi connectivity index (χ2v) is 8.51. The number of rotatable bonds is 5. The van der Waals surface area contributed by atoms with E-state index in [-0.39, 0.29) is 18.2 Å². The molecule has 0 aliphatic carbocycles. The summed E-state index contributed by atoms with van der Waals surface area (Å²) in [5.74, 6) is -0.565. The summed E-state index contributed by atoms with van der Waals surface area (Å²) in [6.07, 6.45) is 2.79. The summed E-state index contributed by atoms with van der Waals surface area (Å²) in [5.41, 5.74) is 7.78. The molecule has 0 radical (unpaired) electrons. The van der Waals surface area contributed by atoms with Gasteiger partial charge in [0.2, 0.25) is 0 Å². The Morgan fingerprint density at radius 1 is 1.06 bits per heavy atom. The van der Waals surface area contributed by atoms with Gasteiger partial charge >= 0.3 is 6.18 Å². The molecule has 5 rings (SSSR count). The van der Waals surface area contributed by atoms with E-state index in [0.717, 1.165) is 50.5 Å². The van der Waals surface area contributed by atoms with Gasteiger partial charge < -0.3 is 20.3 Å². The first-order chi connectivity index (χ1) is 16.3. The van der Waals surface area contributed by atoms with Crippen LogP contribution in [0.25, 0.3) is 33.3 Å². The number of pyridine rings is 3. The molecule has 3 N–H and O–H groups in total. The van der Waals surface area contributed by atoms with E-state index in [4.69, 9.17) is 15.8 Å². The van der Waals surface area contributed by atoms with Gasteiger partial charge in [-0.3, -0.25) is 4.98 Å². The molecule has 1 aliphatic heterocycles. The average Bonchev–Trinajstić information content (AvgIpc) is 3.27. The van der Waals surface area contributed by atoms with Crippen LogP contribution in [-0.2, 0) is 6.18 Å². The lowest BCUT2D eigenvalue weighted by atomic mass is 10.0. The number of piperidine rings is 1. The minimum absolute atomic E-state index is 0.188. The van der Waals surface area contributed by atoms with Gasteiger partial charge in [-0.25, -0.2) is 15.0 Å². The number of aliphatic hydroxyl groups is 1. The minimum Gasteiger partial charge on any atom is -0.396 e. The van der Waals surface area contributed by atoms with Gasteiger partial charge in [-0.2, -0.15) is 13.2 Å². The smallest absolute Gasteiger partial charge is 0.396 e. The Kier molecular flexibility index (Phi) is 5.82. The van der Waals surface area contributed by atoms with E-state index in [1.807, 2.05) is 0 Å². The first kappa shape index (κ1) is 22.5. The molecule has 1 aliphatic rings. The first-order valence-electron chi connectivity index (χ1n) is 11.1. The highest BCUT2D eigenvalue weighted by Gasteiger charge is 2.34. The van der Waals surface area contributed by atoms with Gasteiger partial charge in [0.1, 0.15) is 16.9 Å². The molecular weight excluding hydrogens is 447 g/mol. The number of hydrogen-bond donors (Lipinski definition) is 2. The van der Waals surface area contributed by atoms with Gasteiger partial charge in [-0.1, -0.05) is 0 Å². The lowest BCUT2D eigenvalue weighted by Crippen LogP contribution is -2.35. The predicted molar refractivity (Wildman–Crippen MR) is 122 cm³/mol. The van der Waals surface area contributed by atoms with Crippen LogP contribution in [0.4, 0.5) is 19.0 Å². The van der Waals surface area contributed by atoms with Gasteiger partial charge in [-0.15, -0.1) is 0 Å². The van der Waals surface area contributed by atoms with E-state index >= 15 is 0 Å². The summed E-state index contributed by atoms with van der Waals surface area (Å²) < 4.78 is 42.1. The summed E-state index contributed by atoms with van der Waals surface area (Å²) in [4.78, 5) is 19.7. The molecule has 4 aromatic rings. The maximum Gasteiger partial charge on any atom is 0.419 e. The number of nitrogens with zero attached hydrogens (tertiary/aromatic N) is 6. The summed E-state index contributed by atoms with van der Waals surface area (Å²) in [7, 11) is 0. The van der Waals surface area contributed by atoms with Crippen LogP contribution in [0.5, 0.6) is 0 Å². The molecule has 0 unspecified atom stereocenters. The normalized spacial score (nSPS) is 16.0. The molecule has 11 heteroatoms. The molecular formula is C23H24F3N7O. The summed E-state index contributed by atoms with van der Waals surface area (Å²) in [6.45, 7) is 2.90. The zero-order valence-electron chi connectivity index (χ0n) is 18.3. The number of nitrogens with two attached hydrogens (primary N) is 1. The van der Waals surface area contributed by atoms with E-state index in [1.54, 1.807) is 24.7 Å². The zero-order chi connectivity index (χ0) is 23.9. The van der Waals surface area contributed by atoms with Crippen molar-refractivity contribution in [3.05, 3.63) is 42.5 Å². The van der Waals surface area contributed by atoms with Crippen LogP contribution in [-0.4, -0.2) is 60.8 Å². The number of alkyl halides is 3. The predicted octanol–water partition coefficient (Wildman–Crippen LogP) is 3.66. The van der Waals surface area contributed by atoms with Crippen LogP contribution in [0.1, 0.15) is 30.9 Å². The van der Waals surface area contributed by atoms with E-state index < -0.39 is 17.6 Å². The molecule has 5 heterocycles. The van der Waals surface area contributed by atoms with Gasteiger partial charge in [0.05, 0.1) is 34.8 Å². The first-order valence-corrected chi connectivity index (χ1v) is 11.1. The fourth-order valence-electron chi connectivity index (χ4n) is 4.57. The number of hydrogen-bond acceptors (Lipinski definition) is 7. The van der Waals surface area contributed by atoms with Crippen LogP contribution in [0, 0.1) is 0 Å². The molecule has 0 aromatic carbocycles. The number of aromatic nitrogens is 5. The van der Waals surface area contributed by atoms with Gasteiger partial charge in [-0.05, 0) is 37.5 Å². The van der Waals surface area contributed by atoms with Crippen LogP contribution in [0.3, 0.4) is 0 Å². The lowest BCUT2D eigenvalue weighted by Gasteiger charge is -2.32. The third kappa shape index (κ3) is 4.16. The molecule has 0 bridgehead atoms. The average molecular weight is 471 g/mol. The van der Waals surface area contributed by atoms with Gasteiger partial charge in [0.15, 0.2) is 0 Å². The van der Waals surface area contributed by atoms with Crippen molar-refractivity contribution in [3.63, 3.8) is 0 Å². The van der Waals surface area contributed by atoms with E-state index in [1.165, 1.54) is 6.20 Å². The Bertz CT molecular complexity index is 1330. The van der Waals surface area contributed by atoms with Gasteiger partial charge in [0, 0.05) is 44.0 Å². The topological polar surface area (TPSA) is 106 Å². The van der Waals surface area contributed by atoms with Crippen molar-refractivity contribution in [2.45, 2.75) is 31.5 Å². The number of halogens is 3. The van der Waals surface area contributed by atoms with Crippen LogP contribution in [0.2, 0.25) is 0 Å². The standard InChI is InChI=1S/C23H24F3N7O/c24-23(25,26)16-10-14(11-29-22(16)27)17-2-3-18-20(31-17)21-19(12-28-18)30-13-33(21)15-4-7-32(8-5-15)6-1-9-34/h2-3,10-13,15,34H,1,4-9H2,(H2,27,29).